The van der Waals surface area contributed by atoms with E-state index in [1.807, 2.05) is 0 Å². The zero-order chi connectivity index (χ0) is 14.2. The van der Waals surface area contributed by atoms with Gasteiger partial charge < -0.3 is 15.4 Å². The first-order valence-electron chi connectivity index (χ1n) is 7.77. The number of piperidine rings is 1. The number of benzene rings is 1. The molecule has 0 amide bonds. The molecule has 3 heteroatoms. The number of rotatable bonds is 3. The van der Waals surface area contributed by atoms with Crippen LogP contribution < -0.4 is 10.5 Å². The summed E-state index contributed by atoms with van der Waals surface area (Å²) in [6, 6.07) is 7.01. The molecule has 0 spiro atoms. The summed E-state index contributed by atoms with van der Waals surface area (Å²) in [5.74, 6) is 1.08. The average Bonchev–Trinajstić information content (AvgIpc) is 2.87. The predicted octanol–water partition coefficient (Wildman–Crippen LogP) is 2.22. The second-order valence-electron chi connectivity index (χ2n) is 6.95. The highest BCUT2D eigenvalue weighted by atomic mass is 16.5. The van der Waals surface area contributed by atoms with Crippen molar-refractivity contribution >= 4 is 0 Å². The van der Waals surface area contributed by atoms with Crippen molar-refractivity contribution in [3.63, 3.8) is 0 Å². The van der Waals surface area contributed by atoms with Crippen LogP contribution in [0.3, 0.4) is 0 Å². The molecule has 1 fully saturated rings. The summed E-state index contributed by atoms with van der Waals surface area (Å²) in [5, 5.41) is 0. The van der Waals surface area contributed by atoms with Gasteiger partial charge in [0, 0.05) is 25.6 Å². The lowest BCUT2D eigenvalue weighted by Crippen LogP contribution is -2.52. The van der Waals surface area contributed by atoms with E-state index in [0.29, 0.717) is 6.04 Å². The van der Waals surface area contributed by atoms with E-state index in [0.717, 1.165) is 51.3 Å². The first-order chi connectivity index (χ1) is 9.54. The molecule has 110 valence electrons. The molecule has 0 aromatic heterocycles. The lowest BCUT2D eigenvalue weighted by atomic mass is 9.79. The number of nitrogens with two attached hydrogens (primary N) is 1. The van der Waals surface area contributed by atoms with Gasteiger partial charge in [-0.3, -0.25) is 0 Å². The Labute approximate surface area is 122 Å². The molecule has 0 bridgehead atoms. The van der Waals surface area contributed by atoms with E-state index in [4.69, 9.17) is 10.5 Å². The van der Waals surface area contributed by atoms with Crippen LogP contribution in [0, 0.1) is 5.41 Å². The van der Waals surface area contributed by atoms with E-state index in [9.17, 15) is 0 Å². The van der Waals surface area contributed by atoms with Gasteiger partial charge in [0.25, 0.3) is 0 Å². The van der Waals surface area contributed by atoms with Crippen LogP contribution >= 0.6 is 0 Å². The van der Waals surface area contributed by atoms with Crippen molar-refractivity contribution < 1.29 is 4.74 Å². The van der Waals surface area contributed by atoms with Gasteiger partial charge in [-0.05, 0) is 42.0 Å². The van der Waals surface area contributed by atoms with Gasteiger partial charge in [-0.25, -0.2) is 0 Å². The molecule has 0 radical (unpaired) electrons. The number of likely N-dealkylation sites (tertiary alicyclic amines) is 1. The maximum Gasteiger partial charge on any atom is 0.122 e. The van der Waals surface area contributed by atoms with E-state index in [2.05, 4.69) is 36.9 Å². The highest BCUT2D eigenvalue weighted by molar-refractivity contribution is 5.39. The number of fused-ring (bicyclic) bond motifs is 1. The predicted molar refractivity (Wildman–Crippen MR) is 82.2 cm³/mol. The fraction of sp³-hybridized carbons (Fsp3) is 0.647. The minimum atomic E-state index is 0.240. The number of nitrogens with zero attached hydrogens (tertiary/aromatic N) is 1. The normalized spacial score (nSPS) is 25.2. The molecule has 0 aliphatic carbocycles. The van der Waals surface area contributed by atoms with Crippen molar-refractivity contribution in [2.75, 3.05) is 26.2 Å². The Hall–Kier alpha value is -1.06. The third-order valence-electron chi connectivity index (χ3n) is 4.86. The van der Waals surface area contributed by atoms with E-state index < -0.39 is 0 Å². The molecule has 2 heterocycles. The number of hydrogen-bond donors (Lipinski definition) is 1. The van der Waals surface area contributed by atoms with Crippen molar-refractivity contribution in [3.8, 4) is 5.75 Å². The first kappa shape index (κ1) is 13.9. The van der Waals surface area contributed by atoms with Crippen LogP contribution in [0.25, 0.3) is 0 Å². The molecule has 3 nitrogen and oxygen atoms in total. The van der Waals surface area contributed by atoms with E-state index in [1.54, 1.807) is 0 Å². The lowest BCUT2D eigenvalue weighted by molar-refractivity contribution is 0.0965. The number of ether oxygens (including phenoxy) is 1. The van der Waals surface area contributed by atoms with E-state index in [1.165, 1.54) is 11.1 Å². The fourth-order valence-corrected chi connectivity index (χ4v) is 3.36. The van der Waals surface area contributed by atoms with Gasteiger partial charge in [0.1, 0.15) is 5.75 Å². The summed E-state index contributed by atoms with van der Waals surface area (Å²) in [4.78, 5) is 2.56. The Balaban J connectivity index is 1.57. The fourth-order valence-electron chi connectivity index (χ4n) is 3.36. The minimum absolute atomic E-state index is 0.240. The summed E-state index contributed by atoms with van der Waals surface area (Å²) in [5.41, 5.74) is 9.25. The maximum absolute atomic E-state index is 6.20. The molecule has 20 heavy (non-hydrogen) atoms. The van der Waals surface area contributed by atoms with Gasteiger partial charge in [-0.15, -0.1) is 0 Å². The van der Waals surface area contributed by atoms with Crippen molar-refractivity contribution in [3.05, 3.63) is 29.3 Å². The maximum atomic E-state index is 6.20. The Morgan fingerprint density at radius 2 is 2.25 bits per heavy atom. The van der Waals surface area contributed by atoms with Gasteiger partial charge in [0.05, 0.1) is 6.61 Å². The van der Waals surface area contributed by atoms with Crippen LogP contribution in [0.5, 0.6) is 5.75 Å². The SMILES string of the molecule is CC1(C)CN(CCc2ccc3c(c2)CCO3)CCC1N. The Morgan fingerprint density at radius 1 is 1.40 bits per heavy atom. The average molecular weight is 274 g/mol. The van der Waals surface area contributed by atoms with Crippen molar-refractivity contribution in [2.45, 2.75) is 39.2 Å². The van der Waals surface area contributed by atoms with Gasteiger partial charge in [-0.1, -0.05) is 26.0 Å². The molecule has 1 aromatic rings. The molecule has 2 aliphatic rings. The van der Waals surface area contributed by atoms with Crippen molar-refractivity contribution in [1.29, 1.82) is 0 Å². The van der Waals surface area contributed by atoms with Gasteiger partial charge in [-0.2, -0.15) is 0 Å². The van der Waals surface area contributed by atoms with E-state index >= 15 is 0 Å². The zero-order valence-corrected chi connectivity index (χ0v) is 12.7. The molecule has 1 unspecified atom stereocenters. The van der Waals surface area contributed by atoms with Gasteiger partial charge in [0.15, 0.2) is 0 Å². The van der Waals surface area contributed by atoms with Crippen molar-refractivity contribution in [2.24, 2.45) is 11.1 Å². The van der Waals surface area contributed by atoms with Crippen LogP contribution in [0.15, 0.2) is 18.2 Å². The molecular weight excluding hydrogens is 248 g/mol. The van der Waals surface area contributed by atoms with Crippen LogP contribution in [0.1, 0.15) is 31.4 Å². The highest BCUT2D eigenvalue weighted by Crippen LogP contribution is 2.29. The zero-order valence-electron chi connectivity index (χ0n) is 12.7. The molecular formula is C17H26N2O. The largest absolute Gasteiger partial charge is 0.493 e. The smallest absolute Gasteiger partial charge is 0.122 e. The van der Waals surface area contributed by atoms with Crippen molar-refractivity contribution in [1.82, 2.24) is 4.90 Å². The van der Waals surface area contributed by atoms with Crippen LogP contribution in [0.2, 0.25) is 0 Å². The second-order valence-corrected chi connectivity index (χ2v) is 6.95. The Kier molecular flexibility index (Phi) is 3.74. The summed E-state index contributed by atoms with van der Waals surface area (Å²) < 4.78 is 5.56. The lowest BCUT2D eigenvalue weighted by Gasteiger charge is -2.42. The quantitative estimate of drug-likeness (QED) is 0.918. The molecule has 0 saturated carbocycles. The molecule has 1 aromatic carbocycles. The van der Waals surface area contributed by atoms with E-state index in [-0.39, 0.29) is 5.41 Å². The summed E-state index contributed by atoms with van der Waals surface area (Å²) in [7, 11) is 0. The van der Waals surface area contributed by atoms with Gasteiger partial charge >= 0.3 is 0 Å². The highest BCUT2D eigenvalue weighted by Gasteiger charge is 2.32. The standard InChI is InChI=1S/C17H26N2O/c1-17(2)12-19(9-6-16(17)18)8-5-13-3-4-15-14(11-13)7-10-20-15/h3-4,11,16H,5-10,12,18H2,1-2H3. The molecule has 3 rings (SSSR count). The Bertz CT molecular complexity index is 484. The molecule has 2 aliphatic heterocycles. The topological polar surface area (TPSA) is 38.5 Å². The summed E-state index contributed by atoms with van der Waals surface area (Å²) in [6.07, 6.45) is 3.30. The third-order valence-corrected chi connectivity index (χ3v) is 4.86. The first-order valence-corrected chi connectivity index (χ1v) is 7.77. The number of hydrogen-bond acceptors (Lipinski definition) is 3. The second kappa shape index (κ2) is 5.38. The monoisotopic (exact) mass is 274 g/mol. The molecule has 2 N–H and O–H groups in total. The minimum Gasteiger partial charge on any atom is -0.493 e. The van der Waals surface area contributed by atoms with Crippen LogP contribution in [0.4, 0.5) is 0 Å². The molecule has 1 atom stereocenters. The third kappa shape index (κ3) is 2.84. The van der Waals surface area contributed by atoms with Crippen LogP contribution in [-0.2, 0) is 12.8 Å². The summed E-state index contributed by atoms with van der Waals surface area (Å²) in [6.45, 7) is 8.81. The molecule has 1 saturated heterocycles. The Morgan fingerprint density at radius 3 is 3.05 bits per heavy atom. The summed E-state index contributed by atoms with van der Waals surface area (Å²) >= 11 is 0. The van der Waals surface area contributed by atoms with Crippen LogP contribution in [-0.4, -0.2) is 37.2 Å². The van der Waals surface area contributed by atoms with Gasteiger partial charge in [0.2, 0.25) is 0 Å².